The monoisotopic (exact) mass is 279 g/mol. The van der Waals surface area contributed by atoms with Crippen LogP contribution in [-0.2, 0) is 0 Å². The Morgan fingerprint density at radius 2 is 1.95 bits per heavy atom. The molecule has 3 heteroatoms. The molecule has 1 saturated carbocycles. The summed E-state index contributed by atoms with van der Waals surface area (Å²) in [7, 11) is 1.62. The Balaban J connectivity index is 2.31. The molecule has 0 spiro atoms. The van der Waals surface area contributed by atoms with Crippen molar-refractivity contribution in [2.24, 2.45) is 5.92 Å². The fourth-order valence-corrected chi connectivity index (χ4v) is 3.37. The smallest absolute Gasteiger partial charge is 0.131 e. The van der Waals surface area contributed by atoms with Crippen molar-refractivity contribution >= 4 is 0 Å². The molecule has 0 saturated heterocycles. The van der Waals surface area contributed by atoms with Crippen LogP contribution in [0, 0.1) is 11.7 Å². The van der Waals surface area contributed by atoms with Gasteiger partial charge in [-0.3, -0.25) is 0 Å². The van der Waals surface area contributed by atoms with Gasteiger partial charge in [-0.05, 0) is 37.4 Å². The summed E-state index contributed by atoms with van der Waals surface area (Å²) >= 11 is 0. The summed E-state index contributed by atoms with van der Waals surface area (Å²) in [5.74, 6) is 1.02. The largest absolute Gasteiger partial charge is 0.496 e. The highest BCUT2D eigenvalue weighted by Gasteiger charge is 2.28. The molecule has 112 valence electrons. The van der Waals surface area contributed by atoms with Crippen LogP contribution < -0.4 is 10.1 Å². The van der Waals surface area contributed by atoms with Crippen LogP contribution in [0.25, 0.3) is 0 Å². The van der Waals surface area contributed by atoms with Gasteiger partial charge in [0.2, 0.25) is 0 Å². The first-order valence-electron chi connectivity index (χ1n) is 7.83. The van der Waals surface area contributed by atoms with Gasteiger partial charge in [0.25, 0.3) is 0 Å². The molecular formula is C17H26FNO. The summed E-state index contributed by atoms with van der Waals surface area (Å²) in [5.41, 5.74) is 0.712. The molecule has 0 heterocycles. The predicted octanol–water partition coefficient (Wildman–Crippen LogP) is 4.46. The molecule has 1 atom stereocenters. The third-order valence-electron chi connectivity index (χ3n) is 4.34. The topological polar surface area (TPSA) is 21.3 Å². The van der Waals surface area contributed by atoms with Gasteiger partial charge >= 0.3 is 0 Å². The van der Waals surface area contributed by atoms with Crippen molar-refractivity contribution in [3.05, 3.63) is 29.6 Å². The van der Waals surface area contributed by atoms with Gasteiger partial charge in [0.05, 0.1) is 7.11 Å². The molecule has 1 aromatic carbocycles. The maximum Gasteiger partial charge on any atom is 0.131 e. The van der Waals surface area contributed by atoms with E-state index in [1.807, 2.05) is 6.07 Å². The lowest BCUT2D eigenvalue weighted by molar-refractivity contribution is 0.308. The number of benzene rings is 1. The Morgan fingerprint density at radius 3 is 2.55 bits per heavy atom. The first kappa shape index (κ1) is 15.3. The summed E-state index contributed by atoms with van der Waals surface area (Å²) < 4.78 is 19.7. The second-order valence-corrected chi connectivity index (χ2v) is 5.64. The van der Waals surface area contributed by atoms with Crippen molar-refractivity contribution in [1.82, 2.24) is 5.32 Å². The molecule has 1 aromatic rings. The highest BCUT2D eigenvalue weighted by Crippen LogP contribution is 2.38. The van der Waals surface area contributed by atoms with E-state index in [-0.39, 0.29) is 11.9 Å². The summed E-state index contributed by atoms with van der Waals surface area (Å²) in [4.78, 5) is 0. The molecule has 2 nitrogen and oxygen atoms in total. The van der Waals surface area contributed by atoms with Crippen LogP contribution in [0.2, 0.25) is 0 Å². The number of hydrogen-bond donors (Lipinski definition) is 1. The maximum absolute atomic E-state index is 14.3. The first-order valence-corrected chi connectivity index (χ1v) is 7.83. The van der Waals surface area contributed by atoms with Crippen molar-refractivity contribution in [3.8, 4) is 5.75 Å². The molecule has 0 aliphatic heterocycles. The third-order valence-corrected chi connectivity index (χ3v) is 4.34. The van der Waals surface area contributed by atoms with Crippen LogP contribution in [0.3, 0.4) is 0 Å². The Kier molecular flexibility index (Phi) is 5.84. The lowest BCUT2D eigenvalue weighted by atomic mass is 9.86. The van der Waals surface area contributed by atoms with Gasteiger partial charge in [0.1, 0.15) is 11.6 Å². The molecule has 1 N–H and O–H groups in total. The molecule has 1 aliphatic rings. The Labute approximate surface area is 121 Å². The van der Waals surface area contributed by atoms with Gasteiger partial charge in [-0.2, -0.15) is 0 Å². The van der Waals surface area contributed by atoms with Gasteiger partial charge in [-0.15, -0.1) is 0 Å². The van der Waals surface area contributed by atoms with E-state index in [0.29, 0.717) is 17.2 Å². The zero-order chi connectivity index (χ0) is 14.4. The molecular weight excluding hydrogens is 253 g/mol. The second kappa shape index (κ2) is 7.63. The molecule has 20 heavy (non-hydrogen) atoms. The fraction of sp³-hybridized carbons (Fsp3) is 0.647. The highest BCUT2D eigenvalue weighted by atomic mass is 19.1. The van der Waals surface area contributed by atoms with Gasteiger partial charge in [0.15, 0.2) is 0 Å². The minimum absolute atomic E-state index is 0.0641. The summed E-state index contributed by atoms with van der Waals surface area (Å²) in [6.07, 6.45) is 7.48. The summed E-state index contributed by atoms with van der Waals surface area (Å²) in [6.45, 7) is 2.93. The number of nitrogens with one attached hydrogen (secondary N) is 1. The SMILES string of the molecule is CCNC(c1c(F)cccc1OC)C1CCCCCC1. The lowest BCUT2D eigenvalue weighted by Gasteiger charge is -2.29. The molecule has 2 rings (SSSR count). The van der Waals surface area contributed by atoms with E-state index in [0.717, 1.165) is 6.54 Å². The predicted molar refractivity (Wildman–Crippen MR) is 80.6 cm³/mol. The summed E-state index contributed by atoms with van der Waals surface area (Å²) in [5, 5.41) is 3.49. The minimum atomic E-state index is -0.153. The van der Waals surface area contributed by atoms with E-state index in [1.54, 1.807) is 19.2 Å². The van der Waals surface area contributed by atoms with Crippen molar-refractivity contribution in [2.75, 3.05) is 13.7 Å². The van der Waals surface area contributed by atoms with Crippen LogP contribution in [-0.4, -0.2) is 13.7 Å². The van der Waals surface area contributed by atoms with Gasteiger partial charge in [-0.1, -0.05) is 38.7 Å². The average Bonchev–Trinajstić information content (AvgIpc) is 2.74. The second-order valence-electron chi connectivity index (χ2n) is 5.64. The first-order chi connectivity index (χ1) is 9.77. The Morgan fingerprint density at radius 1 is 1.25 bits per heavy atom. The van der Waals surface area contributed by atoms with Crippen LogP contribution in [0.5, 0.6) is 5.75 Å². The number of hydrogen-bond acceptors (Lipinski definition) is 2. The summed E-state index contributed by atoms with van der Waals surface area (Å²) in [6, 6.07) is 5.18. The van der Waals surface area contributed by atoms with E-state index in [4.69, 9.17) is 4.74 Å². The minimum Gasteiger partial charge on any atom is -0.496 e. The third kappa shape index (κ3) is 3.51. The maximum atomic E-state index is 14.3. The van der Waals surface area contributed by atoms with E-state index < -0.39 is 0 Å². The Hall–Kier alpha value is -1.09. The molecule has 1 unspecified atom stereocenters. The van der Waals surface area contributed by atoms with Gasteiger partial charge in [0, 0.05) is 11.6 Å². The van der Waals surface area contributed by atoms with Gasteiger partial charge < -0.3 is 10.1 Å². The average molecular weight is 279 g/mol. The normalized spacial score (nSPS) is 18.6. The van der Waals surface area contributed by atoms with E-state index >= 15 is 0 Å². The standard InChI is InChI=1S/C17H26FNO/c1-3-19-17(13-9-6-4-5-7-10-13)16-14(18)11-8-12-15(16)20-2/h8,11-13,17,19H,3-7,9-10H2,1-2H3. The highest BCUT2D eigenvalue weighted by molar-refractivity contribution is 5.37. The van der Waals surface area contributed by atoms with Crippen LogP contribution in [0.15, 0.2) is 18.2 Å². The quantitative estimate of drug-likeness (QED) is 0.804. The molecule has 1 aliphatic carbocycles. The number of rotatable bonds is 5. The van der Waals surface area contributed by atoms with E-state index in [2.05, 4.69) is 12.2 Å². The Bertz CT molecular complexity index is 413. The van der Waals surface area contributed by atoms with Crippen LogP contribution in [0.4, 0.5) is 4.39 Å². The molecule has 0 bridgehead atoms. The van der Waals surface area contributed by atoms with Crippen molar-refractivity contribution in [3.63, 3.8) is 0 Å². The molecule has 0 radical (unpaired) electrons. The molecule has 0 aromatic heterocycles. The fourth-order valence-electron chi connectivity index (χ4n) is 3.37. The van der Waals surface area contributed by atoms with Crippen molar-refractivity contribution in [2.45, 2.75) is 51.5 Å². The van der Waals surface area contributed by atoms with Crippen LogP contribution >= 0.6 is 0 Å². The zero-order valence-corrected chi connectivity index (χ0v) is 12.6. The molecule has 1 fully saturated rings. The van der Waals surface area contributed by atoms with E-state index in [1.165, 1.54) is 38.5 Å². The lowest BCUT2D eigenvalue weighted by Crippen LogP contribution is -2.29. The zero-order valence-electron chi connectivity index (χ0n) is 12.6. The van der Waals surface area contributed by atoms with Crippen molar-refractivity contribution in [1.29, 1.82) is 0 Å². The van der Waals surface area contributed by atoms with Gasteiger partial charge in [-0.25, -0.2) is 4.39 Å². The molecule has 0 amide bonds. The van der Waals surface area contributed by atoms with Crippen molar-refractivity contribution < 1.29 is 9.13 Å². The van der Waals surface area contributed by atoms with E-state index in [9.17, 15) is 4.39 Å². The number of halogens is 1. The number of ether oxygens (including phenoxy) is 1. The number of methoxy groups -OCH3 is 1. The van der Waals surface area contributed by atoms with Crippen LogP contribution in [0.1, 0.15) is 57.1 Å².